The second-order valence-electron chi connectivity index (χ2n) is 5.89. The number of urea groups is 1. The Morgan fingerprint density at radius 1 is 1.07 bits per heavy atom. The van der Waals surface area contributed by atoms with Crippen LogP contribution in [0.3, 0.4) is 0 Å². The van der Waals surface area contributed by atoms with Crippen molar-refractivity contribution in [1.82, 2.24) is 20.9 Å². The second kappa shape index (κ2) is 9.91. The molecular weight excluding hydrogens is 407 g/mol. The van der Waals surface area contributed by atoms with Crippen molar-refractivity contribution in [3.63, 3.8) is 0 Å². The van der Waals surface area contributed by atoms with Gasteiger partial charge in [0.15, 0.2) is 0 Å². The molecule has 2 aromatic rings. The zero-order chi connectivity index (χ0) is 20.7. The van der Waals surface area contributed by atoms with E-state index >= 15 is 0 Å². The van der Waals surface area contributed by atoms with Crippen molar-refractivity contribution in [3.8, 4) is 0 Å². The molecule has 1 atom stereocenters. The standard InChI is InChI=1S/C18H18Cl2N4O4/c1-10-2-4-11(5-3-10)6-22-18(28)23-9-14(17(26)27)24-16(25)15-12(19)7-21-8-13(15)20/h2-5,7-8,14H,6,9H2,1H3,(H,24,25)(H,26,27)(H2,22,23,28)/t14-/m0/s1. The number of carbonyl (C=O) groups excluding carboxylic acids is 2. The Morgan fingerprint density at radius 3 is 2.25 bits per heavy atom. The maximum Gasteiger partial charge on any atom is 0.328 e. The predicted octanol–water partition coefficient (Wildman–Crippen LogP) is 2.38. The van der Waals surface area contributed by atoms with Crippen LogP contribution >= 0.6 is 23.2 Å². The number of nitrogens with one attached hydrogen (secondary N) is 3. The number of carboxylic acid groups (broad SMARTS) is 1. The van der Waals surface area contributed by atoms with E-state index in [0.29, 0.717) is 0 Å². The van der Waals surface area contributed by atoms with Gasteiger partial charge in [-0.15, -0.1) is 0 Å². The number of hydrogen-bond donors (Lipinski definition) is 4. The van der Waals surface area contributed by atoms with Gasteiger partial charge < -0.3 is 21.1 Å². The third-order valence-corrected chi connectivity index (χ3v) is 4.30. The van der Waals surface area contributed by atoms with Crippen LogP contribution < -0.4 is 16.0 Å². The summed E-state index contributed by atoms with van der Waals surface area (Å²) in [5, 5.41) is 16.5. The molecule has 28 heavy (non-hydrogen) atoms. The van der Waals surface area contributed by atoms with E-state index in [9.17, 15) is 19.5 Å². The highest BCUT2D eigenvalue weighted by atomic mass is 35.5. The number of pyridine rings is 1. The molecule has 10 heteroatoms. The van der Waals surface area contributed by atoms with Gasteiger partial charge in [0.2, 0.25) is 0 Å². The highest BCUT2D eigenvalue weighted by Gasteiger charge is 2.24. The number of amides is 3. The summed E-state index contributed by atoms with van der Waals surface area (Å²) in [6, 6.07) is 5.63. The molecule has 0 spiro atoms. The normalized spacial score (nSPS) is 11.4. The highest BCUT2D eigenvalue weighted by Crippen LogP contribution is 2.22. The van der Waals surface area contributed by atoms with Gasteiger partial charge in [0.05, 0.1) is 22.2 Å². The average molecular weight is 425 g/mol. The fourth-order valence-corrected chi connectivity index (χ4v) is 2.74. The molecule has 2 rings (SSSR count). The lowest BCUT2D eigenvalue weighted by atomic mass is 10.1. The van der Waals surface area contributed by atoms with Crippen LogP contribution in [0, 0.1) is 6.92 Å². The first-order valence-corrected chi connectivity index (χ1v) is 8.93. The van der Waals surface area contributed by atoms with Gasteiger partial charge >= 0.3 is 12.0 Å². The molecule has 3 amide bonds. The third kappa shape index (κ3) is 6.11. The van der Waals surface area contributed by atoms with Crippen molar-refractivity contribution in [1.29, 1.82) is 0 Å². The molecule has 0 saturated heterocycles. The summed E-state index contributed by atoms with van der Waals surface area (Å²) < 4.78 is 0. The lowest BCUT2D eigenvalue weighted by Gasteiger charge is -2.16. The summed E-state index contributed by atoms with van der Waals surface area (Å²) in [5.41, 5.74) is 1.90. The van der Waals surface area contributed by atoms with E-state index in [0.717, 1.165) is 11.1 Å². The summed E-state index contributed by atoms with van der Waals surface area (Å²) >= 11 is 11.8. The molecular formula is C18H18Cl2N4O4. The molecule has 0 aliphatic carbocycles. The van der Waals surface area contributed by atoms with Crippen molar-refractivity contribution < 1.29 is 19.5 Å². The van der Waals surface area contributed by atoms with Crippen LogP contribution in [-0.4, -0.2) is 40.6 Å². The van der Waals surface area contributed by atoms with Gasteiger partial charge in [0, 0.05) is 18.9 Å². The lowest BCUT2D eigenvalue weighted by Crippen LogP contribution is -2.50. The van der Waals surface area contributed by atoms with Crippen LogP contribution in [-0.2, 0) is 11.3 Å². The van der Waals surface area contributed by atoms with Crippen molar-refractivity contribution in [2.24, 2.45) is 0 Å². The Labute approximate surface area is 171 Å². The van der Waals surface area contributed by atoms with Gasteiger partial charge in [-0.1, -0.05) is 53.0 Å². The highest BCUT2D eigenvalue weighted by molar-refractivity contribution is 6.39. The largest absolute Gasteiger partial charge is 0.480 e. The quantitative estimate of drug-likeness (QED) is 0.543. The number of nitrogens with zero attached hydrogens (tertiary/aromatic N) is 1. The zero-order valence-corrected chi connectivity index (χ0v) is 16.3. The summed E-state index contributed by atoms with van der Waals surface area (Å²) in [7, 11) is 0. The van der Waals surface area contributed by atoms with Crippen LogP contribution in [0.15, 0.2) is 36.7 Å². The molecule has 0 radical (unpaired) electrons. The molecule has 0 fully saturated rings. The van der Waals surface area contributed by atoms with Crippen LogP contribution in [0.25, 0.3) is 0 Å². The molecule has 1 heterocycles. The minimum atomic E-state index is -1.38. The van der Waals surface area contributed by atoms with Crippen LogP contribution in [0.5, 0.6) is 0 Å². The van der Waals surface area contributed by atoms with Gasteiger partial charge in [-0.3, -0.25) is 9.78 Å². The number of aromatic nitrogens is 1. The number of aliphatic carboxylic acids is 1. The maximum absolute atomic E-state index is 12.3. The van der Waals surface area contributed by atoms with E-state index in [2.05, 4.69) is 20.9 Å². The molecule has 0 saturated carbocycles. The molecule has 4 N–H and O–H groups in total. The van der Waals surface area contributed by atoms with Crippen LogP contribution in [0.4, 0.5) is 4.79 Å². The fraction of sp³-hybridized carbons (Fsp3) is 0.222. The summed E-state index contributed by atoms with van der Waals surface area (Å²) in [5.74, 6) is -2.11. The summed E-state index contributed by atoms with van der Waals surface area (Å²) in [4.78, 5) is 39.3. The monoisotopic (exact) mass is 424 g/mol. The van der Waals surface area contributed by atoms with Crippen molar-refractivity contribution in [3.05, 3.63) is 63.4 Å². The van der Waals surface area contributed by atoms with Crippen molar-refractivity contribution in [2.75, 3.05) is 6.54 Å². The molecule has 148 valence electrons. The zero-order valence-electron chi connectivity index (χ0n) is 14.8. The van der Waals surface area contributed by atoms with Crippen LogP contribution in [0.2, 0.25) is 10.0 Å². The SMILES string of the molecule is Cc1ccc(CNC(=O)NC[C@H](NC(=O)c2c(Cl)cncc2Cl)C(=O)O)cc1. The molecule has 0 aliphatic rings. The Bertz CT molecular complexity index is 854. The Morgan fingerprint density at radius 2 is 1.68 bits per heavy atom. The number of carboxylic acids is 1. The minimum absolute atomic E-state index is 0.0158. The molecule has 8 nitrogen and oxygen atoms in total. The fourth-order valence-electron chi connectivity index (χ4n) is 2.20. The lowest BCUT2D eigenvalue weighted by molar-refractivity contribution is -0.139. The van der Waals surface area contributed by atoms with E-state index in [1.807, 2.05) is 31.2 Å². The number of benzene rings is 1. The average Bonchev–Trinajstić information content (AvgIpc) is 2.64. The van der Waals surface area contributed by atoms with Gasteiger partial charge in [-0.25, -0.2) is 9.59 Å². The van der Waals surface area contributed by atoms with Gasteiger partial charge in [0.25, 0.3) is 5.91 Å². The van der Waals surface area contributed by atoms with E-state index in [-0.39, 0.29) is 28.7 Å². The second-order valence-corrected chi connectivity index (χ2v) is 6.71. The number of hydrogen-bond acceptors (Lipinski definition) is 4. The van der Waals surface area contributed by atoms with E-state index in [1.165, 1.54) is 12.4 Å². The van der Waals surface area contributed by atoms with E-state index in [1.54, 1.807) is 0 Å². The summed E-state index contributed by atoms with van der Waals surface area (Å²) in [6.07, 6.45) is 2.43. The Kier molecular flexibility index (Phi) is 7.60. The predicted molar refractivity (Wildman–Crippen MR) is 105 cm³/mol. The third-order valence-electron chi connectivity index (χ3n) is 3.72. The van der Waals surface area contributed by atoms with E-state index < -0.39 is 23.9 Å². The molecule has 0 aliphatic heterocycles. The van der Waals surface area contributed by atoms with E-state index in [4.69, 9.17) is 23.2 Å². The smallest absolute Gasteiger partial charge is 0.328 e. The first-order valence-electron chi connectivity index (χ1n) is 8.18. The van der Waals surface area contributed by atoms with Crippen molar-refractivity contribution in [2.45, 2.75) is 19.5 Å². The first-order chi connectivity index (χ1) is 13.3. The Hall–Kier alpha value is -2.84. The summed E-state index contributed by atoms with van der Waals surface area (Å²) in [6.45, 7) is 1.90. The van der Waals surface area contributed by atoms with Crippen LogP contribution in [0.1, 0.15) is 21.5 Å². The number of carbonyl (C=O) groups is 3. The first kappa shape index (κ1) is 21.5. The maximum atomic E-state index is 12.3. The molecule has 0 unspecified atom stereocenters. The molecule has 1 aromatic heterocycles. The van der Waals surface area contributed by atoms with Crippen molar-refractivity contribution >= 4 is 41.1 Å². The minimum Gasteiger partial charge on any atom is -0.480 e. The topological polar surface area (TPSA) is 120 Å². The van der Waals surface area contributed by atoms with Gasteiger partial charge in [-0.2, -0.15) is 0 Å². The molecule has 0 bridgehead atoms. The van der Waals surface area contributed by atoms with Gasteiger partial charge in [-0.05, 0) is 12.5 Å². The number of aryl methyl sites for hydroxylation is 1. The number of halogens is 2. The number of rotatable bonds is 7. The van der Waals surface area contributed by atoms with Gasteiger partial charge in [0.1, 0.15) is 6.04 Å². The molecule has 1 aromatic carbocycles. The Balaban J connectivity index is 1.90.